The Morgan fingerprint density at radius 1 is 1.15 bits per heavy atom. The second-order valence-electron chi connectivity index (χ2n) is 6.99. The highest BCUT2D eigenvalue weighted by molar-refractivity contribution is 9.10. The molecule has 2 aromatic carbocycles. The standard InChI is InChI=1S/C20H24BrFN2O2/c1-20(2,3)14-5-10-18(17(21)13-14)26-12-4-11-23-19(25)24-16-8-6-15(22)7-9-16/h5-10,13H,4,11-12H2,1-3H3,(H2,23,24,25). The normalized spacial score (nSPS) is 11.1. The molecule has 6 heteroatoms. The van der Waals surface area contributed by atoms with E-state index in [9.17, 15) is 9.18 Å². The van der Waals surface area contributed by atoms with Gasteiger partial charge in [-0.3, -0.25) is 0 Å². The highest BCUT2D eigenvalue weighted by Gasteiger charge is 2.15. The summed E-state index contributed by atoms with van der Waals surface area (Å²) in [6.45, 7) is 7.46. The zero-order valence-electron chi connectivity index (χ0n) is 15.2. The summed E-state index contributed by atoms with van der Waals surface area (Å²) in [5.74, 6) is 0.448. The first kappa shape index (κ1) is 20.2. The maximum absolute atomic E-state index is 12.8. The molecule has 140 valence electrons. The van der Waals surface area contributed by atoms with Crippen LogP contribution in [0.25, 0.3) is 0 Å². The van der Waals surface area contributed by atoms with Crippen LogP contribution in [0.3, 0.4) is 0 Å². The predicted octanol–water partition coefficient (Wildman–Crippen LogP) is 5.48. The molecular formula is C20H24BrFN2O2. The van der Waals surface area contributed by atoms with E-state index >= 15 is 0 Å². The van der Waals surface area contributed by atoms with Crippen molar-refractivity contribution in [2.45, 2.75) is 32.6 Å². The maximum atomic E-state index is 12.8. The van der Waals surface area contributed by atoms with Gasteiger partial charge in [-0.1, -0.05) is 26.8 Å². The van der Waals surface area contributed by atoms with E-state index in [0.29, 0.717) is 25.3 Å². The van der Waals surface area contributed by atoms with E-state index < -0.39 is 0 Å². The second kappa shape index (κ2) is 9.03. The quantitative estimate of drug-likeness (QED) is 0.605. The van der Waals surface area contributed by atoms with E-state index in [2.05, 4.69) is 59.5 Å². The fourth-order valence-electron chi connectivity index (χ4n) is 2.25. The van der Waals surface area contributed by atoms with Crippen molar-refractivity contribution >= 4 is 27.6 Å². The topological polar surface area (TPSA) is 50.4 Å². The Morgan fingerprint density at radius 3 is 2.46 bits per heavy atom. The van der Waals surface area contributed by atoms with E-state index in [4.69, 9.17) is 4.74 Å². The van der Waals surface area contributed by atoms with Crippen LogP contribution in [-0.2, 0) is 5.41 Å². The number of hydrogen-bond donors (Lipinski definition) is 2. The zero-order valence-corrected chi connectivity index (χ0v) is 16.8. The van der Waals surface area contributed by atoms with Gasteiger partial charge in [0.2, 0.25) is 0 Å². The molecule has 0 spiro atoms. The number of urea groups is 1. The highest BCUT2D eigenvalue weighted by Crippen LogP contribution is 2.31. The van der Waals surface area contributed by atoms with Crippen LogP contribution in [0.15, 0.2) is 46.9 Å². The monoisotopic (exact) mass is 422 g/mol. The molecule has 2 amide bonds. The number of nitrogens with one attached hydrogen (secondary N) is 2. The second-order valence-corrected chi connectivity index (χ2v) is 7.84. The van der Waals surface area contributed by atoms with Crippen molar-refractivity contribution in [3.63, 3.8) is 0 Å². The number of halogens is 2. The molecule has 0 fully saturated rings. The largest absolute Gasteiger partial charge is 0.492 e. The van der Waals surface area contributed by atoms with Crippen molar-refractivity contribution < 1.29 is 13.9 Å². The van der Waals surface area contributed by atoms with Crippen LogP contribution in [0.4, 0.5) is 14.9 Å². The van der Waals surface area contributed by atoms with Crippen LogP contribution >= 0.6 is 15.9 Å². The van der Waals surface area contributed by atoms with Crippen LogP contribution in [-0.4, -0.2) is 19.2 Å². The molecule has 0 saturated heterocycles. The molecule has 2 N–H and O–H groups in total. The lowest BCUT2D eigenvalue weighted by Crippen LogP contribution is -2.30. The molecule has 0 atom stereocenters. The summed E-state index contributed by atoms with van der Waals surface area (Å²) in [6, 6.07) is 11.4. The molecule has 0 aliphatic rings. The lowest BCUT2D eigenvalue weighted by Gasteiger charge is -2.20. The molecule has 0 radical (unpaired) electrons. The summed E-state index contributed by atoms with van der Waals surface area (Å²) in [5, 5.41) is 5.38. The van der Waals surface area contributed by atoms with Gasteiger partial charge in [0, 0.05) is 12.2 Å². The third-order valence-electron chi connectivity index (χ3n) is 3.76. The Morgan fingerprint density at radius 2 is 1.85 bits per heavy atom. The van der Waals surface area contributed by atoms with E-state index in [1.165, 1.54) is 29.8 Å². The Kier molecular flexibility index (Phi) is 7.03. The molecule has 26 heavy (non-hydrogen) atoms. The molecule has 0 bridgehead atoms. The average molecular weight is 423 g/mol. The first-order chi connectivity index (χ1) is 12.3. The third-order valence-corrected chi connectivity index (χ3v) is 4.38. The molecule has 0 aliphatic heterocycles. The van der Waals surface area contributed by atoms with Crippen molar-refractivity contribution in [2.75, 3.05) is 18.5 Å². The molecule has 4 nitrogen and oxygen atoms in total. The van der Waals surface area contributed by atoms with E-state index in [1.54, 1.807) is 0 Å². The minimum Gasteiger partial charge on any atom is -0.492 e. The SMILES string of the molecule is CC(C)(C)c1ccc(OCCCNC(=O)Nc2ccc(F)cc2)c(Br)c1. The van der Waals surface area contributed by atoms with Crippen molar-refractivity contribution in [2.24, 2.45) is 0 Å². The number of ether oxygens (including phenoxy) is 1. The smallest absolute Gasteiger partial charge is 0.319 e. The summed E-state index contributed by atoms with van der Waals surface area (Å²) in [4.78, 5) is 11.8. The van der Waals surface area contributed by atoms with Gasteiger partial charge in [-0.05, 0) is 69.7 Å². The van der Waals surface area contributed by atoms with Crippen LogP contribution < -0.4 is 15.4 Å². The molecule has 0 saturated carbocycles. The van der Waals surface area contributed by atoms with E-state index in [1.807, 2.05) is 6.07 Å². The van der Waals surface area contributed by atoms with E-state index in [0.717, 1.165) is 10.2 Å². The number of rotatable bonds is 6. The molecule has 0 aromatic heterocycles. The summed E-state index contributed by atoms with van der Waals surface area (Å²) in [7, 11) is 0. The molecule has 0 aliphatic carbocycles. The summed E-state index contributed by atoms with van der Waals surface area (Å²) in [6.07, 6.45) is 0.671. The van der Waals surface area contributed by atoms with Crippen molar-refractivity contribution in [3.8, 4) is 5.75 Å². The van der Waals surface area contributed by atoms with Gasteiger partial charge in [0.25, 0.3) is 0 Å². The van der Waals surface area contributed by atoms with Gasteiger partial charge in [-0.2, -0.15) is 0 Å². The Labute approximate surface area is 162 Å². The molecule has 2 rings (SSSR count). The fraction of sp³-hybridized carbons (Fsp3) is 0.350. The Balaban J connectivity index is 1.70. The van der Waals surface area contributed by atoms with Crippen LogP contribution in [0.5, 0.6) is 5.75 Å². The van der Waals surface area contributed by atoms with Gasteiger partial charge in [-0.25, -0.2) is 9.18 Å². The van der Waals surface area contributed by atoms with Crippen LogP contribution in [0.2, 0.25) is 0 Å². The lowest BCUT2D eigenvalue weighted by atomic mass is 9.87. The molecule has 0 unspecified atom stereocenters. The predicted molar refractivity (Wildman–Crippen MR) is 106 cm³/mol. The number of carbonyl (C=O) groups excluding carboxylic acids is 1. The summed E-state index contributed by atoms with van der Waals surface area (Å²) < 4.78 is 19.5. The van der Waals surface area contributed by atoms with Crippen molar-refractivity contribution in [1.82, 2.24) is 5.32 Å². The molecule has 2 aromatic rings. The van der Waals surface area contributed by atoms with Crippen LogP contribution in [0.1, 0.15) is 32.8 Å². The first-order valence-corrected chi connectivity index (χ1v) is 9.28. The third kappa shape index (κ3) is 6.33. The number of anilines is 1. The van der Waals surface area contributed by atoms with Gasteiger partial charge < -0.3 is 15.4 Å². The highest BCUT2D eigenvalue weighted by atomic mass is 79.9. The Bertz CT molecular complexity index is 742. The zero-order chi connectivity index (χ0) is 19.2. The Hall–Kier alpha value is -2.08. The molecular weight excluding hydrogens is 399 g/mol. The number of benzene rings is 2. The van der Waals surface area contributed by atoms with E-state index in [-0.39, 0.29) is 17.3 Å². The van der Waals surface area contributed by atoms with Crippen molar-refractivity contribution in [1.29, 1.82) is 0 Å². The lowest BCUT2D eigenvalue weighted by molar-refractivity contribution is 0.250. The first-order valence-electron chi connectivity index (χ1n) is 8.49. The fourth-order valence-corrected chi connectivity index (χ4v) is 2.74. The summed E-state index contributed by atoms with van der Waals surface area (Å²) in [5.41, 5.74) is 1.86. The summed E-state index contributed by atoms with van der Waals surface area (Å²) >= 11 is 3.54. The molecule has 0 heterocycles. The van der Waals surface area contributed by atoms with Gasteiger partial charge in [0.15, 0.2) is 0 Å². The number of carbonyl (C=O) groups is 1. The number of amides is 2. The minimum absolute atomic E-state index is 0.0862. The van der Waals surface area contributed by atoms with Gasteiger partial charge in [0.05, 0.1) is 11.1 Å². The number of hydrogen-bond acceptors (Lipinski definition) is 2. The average Bonchev–Trinajstić information content (AvgIpc) is 2.57. The van der Waals surface area contributed by atoms with Crippen molar-refractivity contribution in [3.05, 3.63) is 58.3 Å². The maximum Gasteiger partial charge on any atom is 0.319 e. The van der Waals surface area contributed by atoms with Gasteiger partial charge in [0.1, 0.15) is 11.6 Å². The minimum atomic E-state index is -0.338. The van der Waals surface area contributed by atoms with Crippen LogP contribution in [0, 0.1) is 5.82 Å². The van der Waals surface area contributed by atoms with Gasteiger partial charge >= 0.3 is 6.03 Å². The van der Waals surface area contributed by atoms with Gasteiger partial charge in [-0.15, -0.1) is 0 Å².